The van der Waals surface area contributed by atoms with Gasteiger partial charge in [-0.05, 0) is 6.92 Å². The predicted molar refractivity (Wildman–Crippen MR) is 56.7 cm³/mol. The van der Waals surface area contributed by atoms with E-state index in [1.165, 1.54) is 6.92 Å². The Morgan fingerprint density at radius 1 is 1.12 bits per heavy atom. The molecular weight excluding hydrogens is 255 g/mol. The highest BCUT2D eigenvalue weighted by atomic mass is 31.2. The highest BCUT2D eigenvalue weighted by Gasteiger charge is 2.02. The van der Waals surface area contributed by atoms with Crippen molar-refractivity contribution in [1.82, 2.24) is 0 Å². The first-order chi connectivity index (χ1) is 7.54. The minimum absolute atomic E-state index is 0.0747. The molecule has 0 amide bonds. The van der Waals surface area contributed by atoms with Crippen molar-refractivity contribution in [3.8, 4) is 0 Å². The number of rotatable bonds is 4. The van der Waals surface area contributed by atoms with Gasteiger partial charge in [-0.2, -0.15) is 0 Å². The molecule has 0 aromatic heterocycles. The maximum Gasteiger partial charge on any atom is 0.466 e. The summed E-state index contributed by atoms with van der Waals surface area (Å²) >= 11 is 0. The molecule has 0 rings (SSSR count). The molecule has 0 heterocycles. The monoisotopic (exact) mass is 270 g/mol. The van der Waals surface area contributed by atoms with Crippen molar-refractivity contribution in [1.29, 1.82) is 0 Å². The average molecular weight is 270 g/mol. The molecule has 0 aromatic rings. The molecule has 0 unspecified atom stereocenters. The third-order valence-electron chi connectivity index (χ3n) is 0.970. The minimum atomic E-state index is -4.64. The molecule has 3 N–H and O–H groups in total. The second-order valence-corrected chi connectivity index (χ2v) is 3.80. The fourth-order valence-corrected chi connectivity index (χ4v) is 0.443. The smallest absolute Gasteiger partial charge is 0.462 e. The third kappa shape index (κ3) is 25.2. The van der Waals surface area contributed by atoms with Crippen LogP contribution < -0.4 is 0 Å². The number of carbonyl (C=O) groups is 2. The number of carbonyl (C=O) groups excluding carboxylic acids is 2. The zero-order valence-corrected chi connectivity index (χ0v) is 10.3. The van der Waals surface area contributed by atoms with Gasteiger partial charge in [-0.1, -0.05) is 6.58 Å². The molecule has 9 heteroatoms. The van der Waals surface area contributed by atoms with E-state index >= 15 is 0 Å². The van der Waals surface area contributed by atoms with Crippen LogP contribution in [0.15, 0.2) is 12.2 Å². The highest BCUT2D eigenvalue weighted by Crippen LogP contribution is 2.25. The molecule has 0 saturated carbocycles. The van der Waals surface area contributed by atoms with Crippen LogP contribution in [-0.4, -0.2) is 39.8 Å². The quantitative estimate of drug-likeness (QED) is 0.275. The lowest BCUT2D eigenvalue weighted by atomic mass is 10.4. The minimum Gasteiger partial charge on any atom is -0.462 e. The summed E-state index contributed by atoms with van der Waals surface area (Å²) in [6, 6.07) is 0. The topological polar surface area (TPSA) is 130 Å². The van der Waals surface area contributed by atoms with Crippen molar-refractivity contribution in [3.63, 3.8) is 0 Å². The van der Waals surface area contributed by atoms with E-state index in [9.17, 15) is 9.59 Å². The number of phosphoric acid groups is 1. The van der Waals surface area contributed by atoms with Gasteiger partial charge in [0.1, 0.15) is 13.2 Å². The SMILES string of the molecule is C=C(C)C(=O)OCCOC(C)=O.O=P(O)(O)O. The summed E-state index contributed by atoms with van der Waals surface area (Å²) < 4.78 is 18.0. The molecule has 0 bridgehead atoms. The van der Waals surface area contributed by atoms with E-state index in [2.05, 4.69) is 16.1 Å². The van der Waals surface area contributed by atoms with Gasteiger partial charge in [-0.25, -0.2) is 9.36 Å². The first kappa shape index (κ1) is 18.2. The molecule has 17 heavy (non-hydrogen) atoms. The van der Waals surface area contributed by atoms with Crippen LogP contribution in [0.5, 0.6) is 0 Å². The summed E-state index contributed by atoms with van der Waals surface area (Å²) in [6.45, 7) is 6.39. The van der Waals surface area contributed by atoms with E-state index in [1.54, 1.807) is 6.92 Å². The van der Waals surface area contributed by atoms with Crippen molar-refractivity contribution in [2.24, 2.45) is 0 Å². The normalized spacial score (nSPS) is 9.71. The molecule has 0 aliphatic rings. The van der Waals surface area contributed by atoms with Gasteiger partial charge < -0.3 is 24.2 Å². The summed E-state index contributed by atoms with van der Waals surface area (Å²) in [4.78, 5) is 42.5. The molecule has 0 spiro atoms. The lowest BCUT2D eigenvalue weighted by Crippen LogP contribution is -2.12. The Bertz CT molecular complexity index is 309. The van der Waals surface area contributed by atoms with Gasteiger partial charge in [-0.15, -0.1) is 0 Å². The Balaban J connectivity index is 0. The van der Waals surface area contributed by atoms with E-state index in [-0.39, 0.29) is 19.2 Å². The van der Waals surface area contributed by atoms with Crippen molar-refractivity contribution in [3.05, 3.63) is 12.2 Å². The van der Waals surface area contributed by atoms with E-state index in [1.807, 2.05) is 0 Å². The molecular formula is C8H15O8P. The maximum atomic E-state index is 10.7. The number of ether oxygens (including phenoxy) is 2. The largest absolute Gasteiger partial charge is 0.466 e. The lowest BCUT2D eigenvalue weighted by Gasteiger charge is -2.03. The van der Waals surface area contributed by atoms with Crippen molar-refractivity contribution in [2.45, 2.75) is 13.8 Å². The van der Waals surface area contributed by atoms with Crippen LogP contribution in [0.3, 0.4) is 0 Å². The molecule has 0 aromatic carbocycles. The molecule has 0 aliphatic heterocycles. The second kappa shape index (κ2) is 8.89. The summed E-state index contributed by atoms with van der Waals surface area (Å²) in [6.07, 6.45) is 0. The van der Waals surface area contributed by atoms with Gasteiger partial charge >= 0.3 is 19.8 Å². The Hall–Kier alpha value is -1.21. The highest BCUT2D eigenvalue weighted by molar-refractivity contribution is 7.45. The summed E-state index contributed by atoms with van der Waals surface area (Å²) in [5.74, 6) is -0.858. The predicted octanol–water partition coefficient (Wildman–Crippen LogP) is -0.260. The van der Waals surface area contributed by atoms with E-state index < -0.39 is 13.8 Å². The zero-order chi connectivity index (χ0) is 14.1. The third-order valence-corrected chi connectivity index (χ3v) is 0.970. The van der Waals surface area contributed by atoms with Crippen LogP contribution in [0.2, 0.25) is 0 Å². The van der Waals surface area contributed by atoms with Gasteiger partial charge in [0, 0.05) is 12.5 Å². The van der Waals surface area contributed by atoms with Crippen molar-refractivity contribution < 1.29 is 38.3 Å². The Morgan fingerprint density at radius 2 is 1.47 bits per heavy atom. The molecule has 0 fully saturated rings. The van der Waals surface area contributed by atoms with Gasteiger partial charge in [0.15, 0.2) is 0 Å². The van der Waals surface area contributed by atoms with Crippen molar-refractivity contribution in [2.75, 3.05) is 13.2 Å². The van der Waals surface area contributed by atoms with E-state index in [4.69, 9.17) is 19.2 Å². The van der Waals surface area contributed by atoms with Crippen LogP contribution >= 0.6 is 7.82 Å². The Morgan fingerprint density at radius 3 is 1.76 bits per heavy atom. The van der Waals surface area contributed by atoms with Crippen LogP contribution in [0.25, 0.3) is 0 Å². The molecule has 0 atom stereocenters. The van der Waals surface area contributed by atoms with Crippen molar-refractivity contribution >= 4 is 19.8 Å². The summed E-state index contributed by atoms with van der Waals surface area (Å²) in [5, 5.41) is 0. The number of esters is 2. The molecule has 0 radical (unpaired) electrons. The average Bonchev–Trinajstić information content (AvgIpc) is 2.08. The summed E-state index contributed by atoms with van der Waals surface area (Å²) in [5.41, 5.74) is 0.331. The van der Waals surface area contributed by atoms with Crippen LogP contribution in [0, 0.1) is 0 Å². The first-order valence-electron chi connectivity index (χ1n) is 4.28. The fraction of sp³-hybridized carbons (Fsp3) is 0.500. The summed E-state index contributed by atoms with van der Waals surface area (Å²) in [7, 11) is -4.64. The maximum absolute atomic E-state index is 10.7. The number of hydrogen-bond donors (Lipinski definition) is 3. The van der Waals surface area contributed by atoms with E-state index in [0.29, 0.717) is 5.57 Å². The lowest BCUT2D eigenvalue weighted by molar-refractivity contribution is -0.148. The fourth-order valence-electron chi connectivity index (χ4n) is 0.443. The van der Waals surface area contributed by atoms with Gasteiger partial charge in [-0.3, -0.25) is 4.79 Å². The first-order valence-corrected chi connectivity index (χ1v) is 5.85. The molecule has 100 valence electrons. The molecule has 0 aliphatic carbocycles. The van der Waals surface area contributed by atoms with Crippen LogP contribution in [0.1, 0.15) is 13.8 Å². The molecule has 0 saturated heterocycles. The molecule has 8 nitrogen and oxygen atoms in total. The van der Waals surface area contributed by atoms with E-state index in [0.717, 1.165) is 0 Å². The standard InChI is InChI=1S/C8H12O4.H3O4P/c1-6(2)8(10)12-5-4-11-7(3)9;1-5(2,3)4/h1,4-5H2,2-3H3;(H3,1,2,3,4). The second-order valence-electron chi connectivity index (χ2n) is 2.77. The Kier molecular flexibility index (Phi) is 9.49. The van der Waals surface area contributed by atoms with Gasteiger partial charge in [0.2, 0.25) is 0 Å². The van der Waals surface area contributed by atoms with Crippen LogP contribution in [0.4, 0.5) is 0 Å². The van der Waals surface area contributed by atoms with Gasteiger partial charge in [0.05, 0.1) is 0 Å². The number of hydrogen-bond acceptors (Lipinski definition) is 5. The Labute approximate surface area is 98.1 Å². The van der Waals surface area contributed by atoms with Crippen LogP contribution in [-0.2, 0) is 23.6 Å². The zero-order valence-electron chi connectivity index (χ0n) is 9.45. The van der Waals surface area contributed by atoms with Gasteiger partial charge in [0.25, 0.3) is 0 Å².